The van der Waals surface area contributed by atoms with Gasteiger partial charge in [0, 0.05) is 19.6 Å². The van der Waals surface area contributed by atoms with Gasteiger partial charge in [-0.3, -0.25) is 0 Å². The van der Waals surface area contributed by atoms with Gasteiger partial charge in [0.2, 0.25) is 0 Å². The summed E-state index contributed by atoms with van der Waals surface area (Å²) in [5.74, 6) is 0.818. The van der Waals surface area contributed by atoms with E-state index in [9.17, 15) is 0 Å². The predicted octanol–water partition coefficient (Wildman–Crippen LogP) is 2.33. The summed E-state index contributed by atoms with van der Waals surface area (Å²) >= 11 is 0. The van der Waals surface area contributed by atoms with Crippen LogP contribution in [0.2, 0.25) is 0 Å². The Labute approximate surface area is 111 Å². The summed E-state index contributed by atoms with van der Waals surface area (Å²) in [5.41, 5.74) is 3.14. The first-order chi connectivity index (χ1) is 8.79. The summed E-state index contributed by atoms with van der Waals surface area (Å²) in [4.78, 5) is 2.47. The van der Waals surface area contributed by atoms with Gasteiger partial charge in [0.1, 0.15) is 0 Å². The molecular weight excluding hydrogens is 220 g/mol. The molecule has 1 aliphatic carbocycles. The summed E-state index contributed by atoms with van der Waals surface area (Å²) < 4.78 is 0. The fraction of sp³-hybridized carbons (Fsp3) is 0.625. The van der Waals surface area contributed by atoms with Gasteiger partial charge < -0.3 is 10.2 Å². The molecule has 18 heavy (non-hydrogen) atoms. The number of hydrogen-bond acceptors (Lipinski definition) is 2. The van der Waals surface area contributed by atoms with E-state index < -0.39 is 0 Å². The average Bonchev–Trinajstić information content (AvgIpc) is 2.76. The molecule has 2 heteroatoms. The van der Waals surface area contributed by atoms with Gasteiger partial charge in [-0.2, -0.15) is 0 Å². The Hall–Kier alpha value is -0.860. The fourth-order valence-electron chi connectivity index (χ4n) is 2.88. The SMILES string of the molecule is CCCNCCN(C)CC1Cc2ccccc2C1. The normalized spacial score (nSPS) is 15.3. The molecule has 1 aliphatic rings. The molecule has 0 amide bonds. The zero-order chi connectivity index (χ0) is 12.8. The molecule has 0 spiro atoms. The summed E-state index contributed by atoms with van der Waals surface area (Å²) in [6, 6.07) is 8.91. The number of nitrogens with zero attached hydrogens (tertiary/aromatic N) is 1. The summed E-state index contributed by atoms with van der Waals surface area (Å²) in [7, 11) is 2.25. The molecular formula is C16H26N2. The molecule has 0 aliphatic heterocycles. The second-order valence-corrected chi connectivity index (χ2v) is 5.56. The molecule has 1 N–H and O–H groups in total. The zero-order valence-corrected chi connectivity index (χ0v) is 11.8. The topological polar surface area (TPSA) is 15.3 Å². The Morgan fingerprint density at radius 3 is 2.44 bits per heavy atom. The van der Waals surface area contributed by atoms with Crippen LogP contribution in [0.4, 0.5) is 0 Å². The van der Waals surface area contributed by atoms with Crippen LogP contribution in [0.1, 0.15) is 24.5 Å². The third-order valence-electron chi connectivity index (χ3n) is 3.80. The number of benzene rings is 1. The third kappa shape index (κ3) is 3.82. The Bertz CT molecular complexity index is 337. The van der Waals surface area contributed by atoms with Gasteiger partial charge in [0.25, 0.3) is 0 Å². The van der Waals surface area contributed by atoms with Gasteiger partial charge in [-0.05, 0) is 49.9 Å². The van der Waals surface area contributed by atoms with Gasteiger partial charge in [-0.25, -0.2) is 0 Å². The lowest BCUT2D eigenvalue weighted by atomic mass is 10.1. The van der Waals surface area contributed by atoms with E-state index in [1.54, 1.807) is 11.1 Å². The van der Waals surface area contributed by atoms with Crippen LogP contribution in [0, 0.1) is 5.92 Å². The van der Waals surface area contributed by atoms with Gasteiger partial charge in [0.05, 0.1) is 0 Å². The zero-order valence-electron chi connectivity index (χ0n) is 11.8. The highest BCUT2D eigenvalue weighted by molar-refractivity contribution is 5.32. The van der Waals surface area contributed by atoms with E-state index in [4.69, 9.17) is 0 Å². The van der Waals surface area contributed by atoms with Crippen molar-refractivity contribution in [3.05, 3.63) is 35.4 Å². The number of rotatable bonds is 7. The average molecular weight is 246 g/mol. The maximum Gasteiger partial charge on any atom is 0.0104 e. The quantitative estimate of drug-likeness (QED) is 0.743. The molecule has 1 aromatic carbocycles. The summed E-state index contributed by atoms with van der Waals surface area (Å²) in [5, 5.41) is 3.47. The maximum absolute atomic E-state index is 3.47. The largest absolute Gasteiger partial charge is 0.315 e. The van der Waals surface area contributed by atoms with Crippen LogP contribution in [0.15, 0.2) is 24.3 Å². The lowest BCUT2D eigenvalue weighted by Gasteiger charge is -2.20. The van der Waals surface area contributed by atoms with E-state index >= 15 is 0 Å². The number of likely N-dealkylation sites (N-methyl/N-ethyl adjacent to an activating group) is 1. The lowest BCUT2D eigenvalue weighted by molar-refractivity contribution is 0.280. The van der Waals surface area contributed by atoms with Crippen LogP contribution in [-0.2, 0) is 12.8 Å². The van der Waals surface area contributed by atoms with E-state index in [0.29, 0.717) is 0 Å². The van der Waals surface area contributed by atoms with Crippen molar-refractivity contribution in [1.29, 1.82) is 0 Å². The molecule has 0 unspecified atom stereocenters. The van der Waals surface area contributed by atoms with Crippen molar-refractivity contribution >= 4 is 0 Å². The summed E-state index contributed by atoms with van der Waals surface area (Å²) in [6.07, 6.45) is 3.76. The van der Waals surface area contributed by atoms with Crippen molar-refractivity contribution in [1.82, 2.24) is 10.2 Å². The van der Waals surface area contributed by atoms with Crippen molar-refractivity contribution in [2.24, 2.45) is 5.92 Å². The van der Waals surface area contributed by atoms with Gasteiger partial charge in [-0.1, -0.05) is 31.2 Å². The first kappa shape index (κ1) is 13.6. The second kappa shape index (κ2) is 6.91. The molecule has 0 atom stereocenters. The Morgan fingerprint density at radius 1 is 1.17 bits per heavy atom. The first-order valence-electron chi connectivity index (χ1n) is 7.25. The minimum atomic E-state index is 0.818. The Morgan fingerprint density at radius 2 is 1.83 bits per heavy atom. The molecule has 0 heterocycles. The number of nitrogens with one attached hydrogen (secondary N) is 1. The minimum Gasteiger partial charge on any atom is -0.315 e. The Kier molecular flexibility index (Phi) is 5.21. The third-order valence-corrected chi connectivity index (χ3v) is 3.80. The van der Waals surface area contributed by atoms with E-state index in [2.05, 4.69) is 48.5 Å². The minimum absolute atomic E-state index is 0.818. The van der Waals surface area contributed by atoms with Gasteiger partial charge in [-0.15, -0.1) is 0 Å². The highest BCUT2D eigenvalue weighted by Gasteiger charge is 2.21. The van der Waals surface area contributed by atoms with E-state index in [1.165, 1.54) is 25.8 Å². The highest BCUT2D eigenvalue weighted by atomic mass is 15.1. The predicted molar refractivity (Wildman–Crippen MR) is 78.0 cm³/mol. The standard InChI is InChI=1S/C16H26N2/c1-3-8-17-9-10-18(2)13-14-11-15-6-4-5-7-16(15)12-14/h4-7,14,17H,3,8-13H2,1-2H3. The fourth-order valence-corrected chi connectivity index (χ4v) is 2.88. The van der Waals surface area contributed by atoms with Crippen LogP contribution in [0.25, 0.3) is 0 Å². The van der Waals surface area contributed by atoms with Crippen molar-refractivity contribution in [2.75, 3.05) is 33.2 Å². The summed E-state index contributed by atoms with van der Waals surface area (Å²) in [6.45, 7) is 6.86. The molecule has 0 bridgehead atoms. The first-order valence-corrected chi connectivity index (χ1v) is 7.25. The van der Waals surface area contributed by atoms with Crippen LogP contribution in [0.5, 0.6) is 0 Å². The molecule has 1 aromatic rings. The van der Waals surface area contributed by atoms with Crippen molar-refractivity contribution in [3.8, 4) is 0 Å². The van der Waals surface area contributed by atoms with Gasteiger partial charge >= 0.3 is 0 Å². The molecule has 2 nitrogen and oxygen atoms in total. The van der Waals surface area contributed by atoms with Crippen molar-refractivity contribution < 1.29 is 0 Å². The van der Waals surface area contributed by atoms with Crippen LogP contribution >= 0.6 is 0 Å². The molecule has 0 saturated heterocycles. The van der Waals surface area contributed by atoms with Crippen LogP contribution < -0.4 is 5.32 Å². The van der Waals surface area contributed by atoms with Crippen LogP contribution in [0.3, 0.4) is 0 Å². The molecule has 100 valence electrons. The van der Waals surface area contributed by atoms with Crippen LogP contribution in [-0.4, -0.2) is 38.1 Å². The maximum atomic E-state index is 3.47. The highest BCUT2D eigenvalue weighted by Crippen LogP contribution is 2.26. The number of fused-ring (bicyclic) bond motifs is 1. The van der Waals surface area contributed by atoms with E-state index in [0.717, 1.165) is 25.6 Å². The second-order valence-electron chi connectivity index (χ2n) is 5.56. The smallest absolute Gasteiger partial charge is 0.0104 e. The lowest BCUT2D eigenvalue weighted by Crippen LogP contribution is -2.33. The Balaban J connectivity index is 1.69. The molecule has 0 saturated carbocycles. The number of hydrogen-bond donors (Lipinski definition) is 1. The van der Waals surface area contributed by atoms with Crippen molar-refractivity contribution in [2.45, 2.75) is 26.2 Å². The molecule has 2 rings (SSSR count). The van der Waals surface area contributed by atoms with E-state index in [1.807, 2.05) is 0 Å². The van der Waals surface area contributed by atoms with E-state index in [-0.39, 0.29) is 0 Å². The van der Waals surface area contributed by atoms with Gasteiger partial charge in [0.15, 0.2) is 0 Å². The molecule has 0 aromatic heterocycles. The van der Waals surface area contributed by atoms with Crippen molar-refractivity contribution in [3.63, 3.8) is 0 Å². The molecule has 0 radical (unpaired) electrons. The monoisotopic (exact) mass is 246 g/mol. The molecule has 0 fully saturated rings.